The fourth-order valence-corrected chi connectivity index (χ4v) is 3.86. The van der Waals surface area contributed by atoms with Crippen molar-refractivity contribution in [1.82, 2.24) is 4.90 Å². The van der Waals surface area contributed by atoms with Gasteiger partial charge in [0.25, 0.3) is 0 Å². The van der Waals surface area contributed by atoms with Crippen LogP contribution in [0.15, 0.2) is 29.3 Å². The predicted molar refractivity (Wildman–Crippen MR) is 96.1 cm³/mol. The highest BCUT2D eigenvalue weighted by atomic mass is 35.5. The highest BCUT2D eigenvalue weighted by molar-refractivity contribution is 6.30. The summed E-state index contributed by atoms with van der Waals surface area (Å²) >= 11 is 5.96. The Balaban J connectivity index is 1.31. The maximum Gasteiger partial charge on any atom is 0.191 e. The lowest BCUT2D eigenvalue weighted by atomic mass is 10.0. The van der Waals surface area contributed by atoms with Gasteiger partial charge in [0.2, 0.25) is 0 Å². The fraction of sp³-hybridized carbons (Fsp3) is 0.611. The molecular formula is C18H25ClN4. The Morgan fingerprint density at radius 3 is 2.35 bits per heavy atom. The first-order valence-corrected chi connectivity index (χ1v) is 9.09. The molecule has 124 valence electrons. The molecule has 23 heavy (non-hydrogen) atoms. The van der Waals surface area contributed by atoms with Gasteiger partial charge in [-0.2, -0.15) is 0 Å². The zero-order valence-corrected chi connectivity index (χ0v) is 14.3. The smallest absolute Gasteiger partial charge is 0.191 e. The van der Waals surface area contributed by atoms with Gasteiger partial charge < -0.3 is 15.5 Å². The number of halogens is 1. The van der Waals surface area contributed by atoms with Gasteiger partial charge in [-0.3, -0.25) is 4.99 Å². The molecule has 5 heteroatoms. The Morgan fingerprint density at radius 1 is 1.13 bits per heavy atom. The minimum absolute atomic E-state index is 0.537. The van der Waals surface area contributed by atoms with Crippen LogP contribution in [0.5, 0.6) is 0 Å². The summed E-state index contributed by atoms with van der Waals surface area (Å²) in [4.78, 5) is 9.35. The Labute approximate surface area is 143 Å². The summed E-state index contributed by atoms with van der Waals surface area (Å²) in [5.41, 5.74) is 8.02. The summed E-state index contributed by atoms with van der Waals surface area (Å²) in [7, 11) is 0. The van der Waals surface area contributed by atoms with E-state index >= 15 is 0 Å². The summed E-state index contributed by atoms with van der Waals surface area (Å²) in [5, 5.41) is 0.786. The van der Waals surface area contributed by atoms with Crippen LogP contribution in [0.3, 0.4) is 0 Å². The molecule has 3 aliphatic rings. The number of guanidine groups is 1. The first-order chi connectivity index (χ1) is 11.2. The second kappa shape index (κ2) is 5.90. The van der Waals surface area contributed by atoms with Crippen LogP contribution in [0.25, 0.3) is 0 Å². The van der Waals surface area contributed by atoms with Crippen LogP contribution in [0.1, 0.15) is 25.7 Å². The van der Waals surface area contributed by atoms with E-state index in [9.17, 15) is 0 Å². The number of nitrogens with two attached hydrogens (primary N) is 1. The van der Waals surface area contributed by atoms with Gasteiger partial charge in [0, 0.05) is 43.4 Å². The molecule has 0 unspecified atom stereocenters. The molecule has 1 aliphatic heterocycles. The Hall–Kier alpha value is -1.42. The number of aliphatic imine (C=N–C) groups is 1. The first kappa shape index (κ1) is 15.1. The minimum atomic E-state index is 0.537. The Kier molecular flexibility index (Phi) is 3.88. The molecule has 0 amide bonds. The Morgan fingerprint density at radius 2 is 1.78 bits per heavy atom. The van der Waals surface area contributed by atoms with Crippen LogP contribution in [0.4, 0.5) is 5.69 Å². The molecule has 2 saturated carbocycles. The van der Waals surface area contributed by atoms with Gasteiger partial charge in [0.15, 0.2) is 5.96 Å². The third-order valence-corrected chi connectivity index (χ3v) is 5.94. The maximum atomic E-state index is 6.25. The molecule has 0 bridgehead atoms. The number of hydrogen-bond acceptors (Lipinski definition) is 2. The number of benzene rings is 1. The van der Waals surface area contributed by atoms with Crippen molar-refractivity contribution in [2.75, 3.05) is 37.6 Å². The van der Waals surface area contributed by atoms with Crippen LogP contribution in [-0.4, -0.2) is 43.6 Å². The normalized spacial score (nSPS) is 24.0. The van der Waals surface area contributed by atoms with Crippen LogP contribution in [0.2, 0.25) is 5.02 Å². The molecule has 1 heterocycles. The number of hydrogen-bond donors (Lipinski definition) is 1. The quantitative estimate of drug-likeness (QED) is 0.681. The molecule has 0 atom stereocenters. The Bertz CT molecular complexity index is 582. The SMILES string of the molecule is NC(=NCC1(C2CC2)CC1)N1CCN(c2ccc(Cl)cc2)CC1. The largest absolute Gasteiger partial charge is 0.370 e. The maximum absolute atomic E-state index is 6.25. The van der Waals surface area contributed by atoms with Gasteiger partial charge in [-0.25, -0.2) is 0 Å². The molecule has 1 aromatic carbocycles. The van der Waals surface area contributed by atoms with Gasteiger partial charge >= 0.3 is 0 Å². The van der Waals surface area contributed by atoms with Crippen molar-refractivity contribution >= 4 is 23.2 Å². The molecule has 4 nitrogen and oxygen atoms in total. The van der Waals surface area contributed by atoms with E-state index < -0.39 is 0 Å². The van der Waals surface area contributed by atoms with E-state index in [1.165, 1.54) is 31.4 Å². The van der Waals surface area contributed by atoms with E-state index in [1.807, 2.05) is 12.1 Å². The van der Waals surface area contributed by atoms with Gasteiger partial charge in [0.1, 0.15) is 0 Å². The van der Waals surface area contributed by atoms with Gasteiger partial charge in [-0.15, -0.1) is 0 Å². The first-order valence-electron chi connectivity index (χ1n) is 8.72. The molecule has 1 aromatic rings. The van der Waals surface area contributed by atoms with Crippen molar-refractivity contribution in [3.8, 4) is 0 Å². The summed E-state index contributed by atoms with van der Waals surface area (Å²) in [5.74, 6) is 1.69. The van der Waals surface area contributed by atoms with Crippen molar-refractivity contribution in [3.05, 3.63) is 29.3 Å². The van der Waals surface area contributed by atoms with Crippen LogP contribution < -0.4 is 10.6 Å². The second-order valence-electron chi connectivity index (χ2n) is 7.26. The van der Waals surface area contributed by atoms with E-state index in [0.29, 0.717) is 5.41 Å². The van der Waals surface area contributed by atoms with Crippen molar-refractivity contribution < 1.29 is 0 Å². The summed E-state index contributed by atoms with van der Waals surface area (Å²) < 4.78 is 0. The monoisotopic (exact) mass is 332 g/mol. The van der Waals surface area contributed by atoms with Gasteiger partial charge in [-0.05, 0) is 61.3 Å². The van der Waals surface area contributed by atoms with Crippen molar-refractivity contribution in [2.45, 2.75) is 25.7 Å². The second-order valence-corrected chi connectivity index (χ2v) is 7.70. The van der Waals surface area contributed by atoms with Gasteiger partial charge in [0.05, 0.1) is 0 Å². The molecule has 0 aromatic heterocycles. The summed E-state index contributed by atoms with van der Waals surface area (Å²) in [6, 6.07) is 8.07. The lowest BCUT2D eigenvalue weighted by Crippen LogP contribution is -2.51. The highest BCUT2D eigenvalue weighted by Gasteiger charge is 2.53. The van der Waals surface area contributed by atoms with E-state index in [4.69, 9.17) is 22.3 Å². The average molecular weight is 333 g/mol. The van der Waals surface area contributed by atoms with E-state index in [-0.39, 0.29) is 0 Å². The lowest BCUT2D eigenvalue weighted by molar-refractivity contribution is 0.376. The molecule has 4 rings (SSSR count). The highest BCUT2D eigenvalue weighted by Crippen LogP contribution is 2.61. The number of anilines is 1. The summed E-state index contributed by atoms with van der Waals surface area (Å²) in [6.07, 6.45) is 5.54. The van der Waals surface area contributed by atoms with Crippen molar-refractivity contribution in [1.29, 1.82) is 0 Å². The third kappa shape index (κ3) is 3.27. The number of nitrogens with zero attached hydrogens (tertiary/aromatic N) is 3. The molecular weight excluding hydrogens is 308 g/mol. The topological polar surface area (TPSA) is 44.9 Å². The minimum Gasteiger partial charge on any atom is -0.370 e. The van der Waals surface area contributed by atoms with Crippen molar-refractivity contribution in [2.24, 2.45) is 22.1 Å². The van der Waals surface area contributed by atoms with Crippen molar-refractivity contribution in [3.63, 3.8) is 0 Å². The molecule has 1 saturated heterocycles. The lowest BCUT2D eigenvalue weighted by Gasteiger charge is -2.36. The van der Waals surface area contributed by atoms with Crippen LogP contribution in [-0.2, 0) is 0 Å². The molecule has 2 N–H and O–H groups in total. The van der Waals surface area contributed by atoms with Crippen LogP contribution in [0, 0.1) is 11.3 Å². The van der Waals surface area contributed by atoms with E-state index in [2.05, 4.69) is 21.9 Å². The van der Waals surface area contributed by atoms with Crippen LogP contribution >= 0.6 is 11.6 Å². The zero-order chi connectivity index (χ0) is 15.9. The molecule has 2 aliphatic carbocycles. The van der Waals surface area contributed by atoms with E-state index in [1.54, 1.807) is 0 Å². The number of rotatable bonds is 4. The number of piperazine rings is 1. The third-order valence-electron chi connectivity index (χ3n) is 5.69. The standard InChI is InChI=1S/C18H25ClN4/c19-15-3-5-16(6-4-15)22-9-11-23(12-10-22)17(20)21-13-18(7-8-18)14-1-2-14/h3-6,14H,1-2,7-13H2,(H2,20,21). The summed E-state index contributed by atoms with van der Waals surface area (Å²) in [6.45, 7) is 4.78. The molecule has 0 radical (unpaired) electrons. The molecule has 0 spiro atoms. The average Bonchev–Trinajstić information content (AvgIpc) is 3.47. The predicted octanol–water partition coefficient (Wildman–Crippen LogP) is 2.97. The molecule has 3 fully saturated rings. The van der Waals surface area contributed by atoms with Gasteiger partial charge in [-0.1, -0.05) is 11.6 Å². The zero-order valence-electron chi connectivity index (χ0n) is 13.5. The fourth-order valence-electron chi connectivity index (χ4n) is 3.74. The van der Waals surface area contributed by atoms with E-state index in [0.717, 1.165) is 49.6 Å².